The number of carboxylic acid groups (broad SMARTS) is 1. The lowest BCUT2D eigenvalue weighted by atomic mass is 9.98. The summed E-state index contributed by atoms with van der Waals surface area (Å²) in [5, 5.41) is 47.0. The Balaban J connectivity index is 5.42. The molecule has 7 atom stereocenters. The molecule has 0 radical (unpaired) electrons. The molecular weight excluding hydrogens is 538 g/mol. The predicted octanol–water partition coefficient (Wildman–Crippen LogP) is -3.60. The fourth-order valence-electron chi connectivity index (χ4n) is 3.18. The van der Waals surface area contributed by atoms with E-state index < -0.39 is 90.6 Å². The summed E-state index contributed by atoms with van der Waals surface area (Å²) < 4.78 is 5.07. The highest BCUT2D eigenvalue weighted by Crippen LogP contribution is 2.12. The number of hydrogen-bond acceptors (Lipinski definition) is 11. The zero-order chi connectivity index (χ0) is 31.2. The third kappa shape index (κ3) is 12.8. The highest BCUT2D eigenvalue weighted by atomic mass is 16.6. The zero-order valence-corrected chi connectivity index (χ0v) is 22.7. The van der Waals surface area contributed by atoms with Crippen LogP contribution in [0.3, 0.4) is 0 Å². The number of Topliss-reactive ketones (excluding diaryl/α,β-unsaturated/α-hetero) is 1. The van der Waals surface area contributed by atoms with E-state index in [1.165, 1.54) is 13.8 Å². The average Bonchev–Trinajstić information content (AvgIpc) is 2.86. The third-order valence-electron chi connectivity index (χ3n) is 5.52. The third-order valence-corrected chi connectivity index (χ3v) is 5.52. The number of aliphatic hydroxyl groups excluding tert-OH is 3. The van der Waals surface area contributed by atoms with Gasteiger partial charge in [-0.15, -0.1) is 0 Å². The first-order chi connectivity index (χ1) is 18.5. The Bertz CT molecular complexity index is 930. The largest absolute Gasteiger partial charge is 0.480 e. The maximum absolute atomic E-state index is 12.5. The van der Waals surface area contributed by atoms with Crippen LogP contribution in [0.4, 0.5) is 4.79 Å². The van der Waals surface area contributed by atoms with E-state index in [0.717, 1.165) is 6.92 Å². The summed E-state index contributed by atoms with van der Waals surface area (Å²) in [5.41, 5.74) is 5.26. The molecule has 17 heteroatoms. The molecule has 0 aromatic rings. The summed E-state index contributed by atoms with van der Waals surface area (Å²) >= 11 is 0. The van der Waals surface area contributed by atoms with E-state index in [0.29, 0.717) is 6.42 Å². The van der Waals surface area contributed by atoms with Crippen LogP contribution >= 0.6 is 0 Å². The quantitative estimate of drug-likeness (QED) is 0.0764. The number of amides is 5. The number of carbonyl (C=O) groups is 7. The fraction of sp³-hybridized carbons (Fsp3) is 0.696. The number of aliphatic hydroxyl groups is 3. The number of primary amides is 1. The van der Waals surface area contributed by atoms with Gasteiger partial charge >= 0.3 is 12.1 Å². The van der Waals surface area contributed by atoms with Crippen LogP contribution in [-0.2, 0) is 33.5 Å². The normalized spacial score (nSPS) is 16.1. The molecular formula is C23H39N5O12. The van der Waals surface area contributed by atoms with Gasteiger partial charge in [0.25, 0.3) is 0 Å². The van der Waals surface area contributed by atoms with Crippen molar-refractivity contribution in [2.24, 2.45) is 5.73 Å². The van der Waals surface area contributed by atoms with Crippen LogP contribution in [0.5, 0.6) is 0 Å². The van der Waals surface area contributed by atoms with Crippen molar-refractivity contribution < 1.29 is 58.7 Å². The number of ether oxygens (including phenoxy) is 1. The van der Waals surface area contributed by atoms with Crippen LogP contribution in [0.15, 0.2) is 0 Å². The SMILES string of the molecule is CCCC(=O)N[C@@H](C(C)=O)[C@@H](OC(=O)NC(C)C(=O)NC(CCC(=O)NC(C)C(=O)O)C(N)=O)[C@H](O)[C@H](O)CO. The molecule has 10 N–H and O–H groups in total. The number of hydrogen-bond donors (Lipinski definition) is 9. The number of nitrogens with two attached hydrogens (primary N) is 1. The molecule has 40 heavy (non-hydrogen) atoms. The van der Waals surface area contributed by atoms with Crippen molar-refractivity contribution in [3.05, 3.63) is 0 Å². The fourth-order valence-corrected chi connectivity index (χ4v) is 3.18. The molecule has 0 aliphatic rings. The van der Waals surface area contributed by atoms with E-state index in [-0.39, 0.29) is 19.3 Å². The van der Waals surface area contributed by atoms with Crippen LogP contribution in [0.2, 0.25) is 0 Å². The molecule has 5 amide bonds. The molecule has 0 aromatic heterocycles. The molecule has 0 aliphatic carbocycles. The van der Waals surface area contributed by atoms with Crippen molar-refractivity contribution >= 4 is 41.5 Å². The lowest BCUT2D eigenvalue weighted by molar-refractivity contribution is -0.141. The number of rotatable bonds is 18. The van der Waals surface area contributed by atoms with Gasteiger partial charge in [-0.2, -0.15) is 0 Å². The number of alkyl carbamates (subject to hydrolysis) is 1. The maximum Gasteiger partial charge on any atom is 0.408 e. The number of ketones is 1. The van der Waals surface area contributed by atoms with Crippen molar-refractivity contribution in [2.75, 3.05) is 6.61 Å². The molecule has 0 aliphatic heterocycles. The Kier molecular flexibility index (Phi) is 16.0. The van der Waals surface area contributed by atoms with E-state index in [1.807, 2.05) is 0 Å². The number of aliphatic carboxylic acids is 1. The van der Waals surface area contributed by atoms with Gasteiger partial charge in [-0.3, -0.25) is 28.8 Å². The molecule has 0 aromatic carbocycles. The van der Waals surface area contributed by atoms with Crippen molar-refractivity contribution in [1.82, 2.24) is 21.3 Å². The van der Waals surface area contributed by atoms with E-state index in [4.69, 9.17) is 15.6 Å². The molecule has 0 bridgehead atoms. The van der Waals surface area contributed by atoms with E-state index in [1.54, 1.807) is 6.92 Å². The van der Waals surface area contributed by atoms with Crippen molar-refractivity contribution in [1.29, 1.82) is 0 Å². The molecule has 0 fully saturated rings. The summed E-state index contributed by atoms with van der Waals surface area (Å²) in [4.78, 5) is 83.7. The number of carbonyl (C=O) groups excluding carboxylic acids is 6. The second kappa shape index (κ2) is 17.7. The van der Waals surface area contributed by atoms with Gasteiger partial charge in [0, 0.05) is 12.8 Å². The molecule has 0 saturated carbocycles. The second-order valence-corrected chi connectivity index (χ2v) is 9.01. The summed E-state index contributed by atoms with van der Waals surface area (Å²) in [5.74, 6) is -5.33. The first-order valence-corrected chi connectivity index (χ1v) is 12.4. The lowest BCUT2D eigenvalue weighted by Crippen LogP contribution is -2.59. The zero-order valence-electron chi connectivity index (χ0n) is 22.7. The average molecular weight is 578 g/mol. The minimum Gasteiger partial charge on any atom is -0.480 e. The Morgan fingerprint density at radius 2 is 1.45 bits per heavy atom. The Hall–Kier alpha value is -3.83. The van der Waals surface area contributed by atoms with Gasteiger partial charge in [-0.25, -0.2) is 4.79 Å². The topological polar surface area (TPSA) is 284 Å². The van der Waals surface area contributed by atoms with Crippen LogP contribution < -0.4 is 27.0 Å². The summed E-state index contributed by atoms with van der Waals surface area (Å²) in [6.07, 6.45) is -7.37. The maximum atomic E-state index is 12.5. The lowest BCUT2D eigenvalue weighted by Gasteiger charge is -2.32. The van der Waals surface area contributed by atoms with Crippen molar-refractivity contribution in [3.63, 3.8) is 0 Å². The van der Waals surface area contributed by atoms with E-state index in [9.17, 15) is 48.9 Å². The van der Waals surface area contributed by atoms with Gasteiger partial charge in [0.15, 0.2) is 11.9 Å². The minimum atomic E-state index is -2.02. The van der Waals surface area contributed by atoms with Crippen LogP contribution in [-0.4, -0.2) is 111 Å². The molecule has 0 heterocycles. The minimum absolute atomic E-state index is 0.000174. The van der Waals surface area contributed by atoms with Gasteiger partial charge in [0.2, 0.25) is 23.6 Å². The molecule has 0 rings (SSSR count). The van der Waals surface area contributed by atoms with Gasteiger partial charge in [-0.05, 0) is 33.6 Å². The van der Waals surface area contributed by atoms with Crippen LogP contribution in [0.1, 0.15) is 53.4 Å². The molecule has 228 valence electrons. The highest BCUT2D eigenvalue weighted by molar-refractivity contribution is 5.91. The Morgan fingerprint density at radius 1 is 0.875 bits per heavy atom. The number of nitrogens with one attached hydrogen (secondary N) is 4. The summed E-state index contributed by atoms with van der Waals surface area (Å²) in [6.45, 7) is 4.15. The first kappa shape index (κ1) is 36.2. The van der Waals surface area contributed by atoms with Gasteiger partial charge in [0.05, 0.1) is 6.61 Å². The smallest absolute Gasteiger partial charge is 0.408 e. The van der Waals surface area contributed by atoms with Crippen LogP contribution in [0, 0.1) is 0 Å². The predicted molar refractivity (Wildman–Crippen MR) is 135 cm³/mol. The number of carboxylic acids is 1. The van der Waals surface area contributed by atoms with Gasteiger partial charge in [0.1, 0.15) is 36.4 Å². The van der Waals surface area contributed by atoms with Crippen LogP contribution in [0.25, 0.3) is 0 Å². The summed E-state index contributed by atoms with van der Waals surface area (Å²) in [7, 11) is 0. The molecule has 17 nitrogen and oxygen atoms in total. The molecule has 0 saturated heterocycles. The molecule has 3 unspecified atom stereocenters. The van der Waals surface area contributed by atoms with Gasteiger partial charge < -0.3 is 52.2 Å². The first-order valence-electron chi connectivity index (χ1n) is 12.4. The standard InChI is InChI=1S/C23H39N5O12/c1-5-6-15(32)28-17(12(4)30)19(18(34)14(31)9-29)40-23(39)26-10(2)21(36)27-13(20(24)35)7-8-16(33)25-11(3)22(37)38/h10-11,13-14,17-19,29,31,34H,5-9H2,1-4H3,(H2,24,35)(H,25,33)(H,26,39)(H,27,36)(H,28,32)(H,37,38)/t10?,11?,13?,14-,17+,18-,19-/m1/s1. The van der Waals surface area contributed by atoms with Crippen molar-refractivity contribution in [2.45, 2.75) is 95.9 Å². The Labute approximate surface area is 230 Å². The highest BCUT2D eigenvalue weighted by Gasteiger charge is 2.39. The molecule has 0 spiro atoms. The Morgan fingerprint density at radius 3 is 1.93 bits per heavy atom. The summed E-state index contributed by atoms with van der Waals surface area (Å²) in [6, 6.07) is -5.57. The van der Waals surface area contributed by atoms with E-state index in [2.05, 4.69) is 21.3 Å². The second-order valence-electron chi connectivity index (χ2n) is 9.01. The monoisotopic (exact) mass is 577 g/mol. The van der Waals surface area contributed by atoms with E-state index >= 15 is 0 Å². The van der Waals surface area contributed by atoms with Crippen molar-refractivity contribution in [3.8, 4) is 0 Å². The van der Waals surface area contributed by atoms with Gasteiger partial charge in [-0.1, -0.05) is 6.92 Å².